The molecule has 0 spiro atoms. The maximum absolute atomic E-state index is 13.8. The Bertz CT molecular complexity index is 552. The number of nitrogens with zero attached hydrogens (tertiary/aromatic N) is 1. The molecule has 0 aliphatic carbocycles. The van der Waals surface area contributed by atoms with Crippen molar-refractivity contribution < 1.29 is 13.9 Å². The Kier molecular flexibility index (Phi) is 3.08. The van der Waals surface area contributed by atoms with Gasteiger partial charge >= 0.3 is 0 Å². The summed E-state index contributed by atoms with van der Waals surface area (Å²) in [5, 5.41) is 8.84. The normalized spacial score (nSPS) is 28.9. The number of fused-ring (bicyclic) bond motifs is 2. The molecule has 2 aliphatic heterocycles. The van der Waals surface area contributed by atoms with Crippen molar-refractivity contribution in [2.75, 3.05) is 0 Å². The molecule has 0 radical (unpaired) electrons. The summed E-state index contributed by atoms with van der Waals surface area (Å²) in [6, 6.07) is 5.88. The van der Waals surface area contributed by atoms with Gasteiger partial charge in [0.1, 0.15) is 5.82 Å². The third-order valence-electron chi connectivity index (χ3n) is 4.02. The van der Waals surface area contributed by atoms with Crippen LogP contribution in [-0.4, -0.2) is 18.0 Å². The lowest BCUT2D eigenvalue weighted by Crippen LogP contribution is -2.30. The number of carbonyl (C=O) groups is 1. The van der Waals surface area contributed by atoms with Gasteiger partial charge in [-0.1, -0.05) is 0 Å². The van der Waals surface area contributed by atoms with Crippen molar-refractivity contribution in [2.24, 2.45) is 5.92 Å². The highest BCUT2D eigenvalue weighted by Crippen LogP contribution is 2.37. The van der Waals surface area contributed by atoms with Gasteiger partial charge in [0, 0.05) is 5.92 Å². The van der Waals surface area contributed by atoms with E-state index in [2.05, 4.69) is 0 Å². The molecule has 2 heterocycles. The molecule has 1 aromatic rings. The highest BCUT2D eigenvalue weighted by atomic mass is 19.1. The first-order valence-corrected chi connectivity index (χ1v) is 6.56. The molecule has 19 heavy (non-hydrogen) atoms. The molecule has 0 aromatic heterocycles. The molecule has 3 rings (SSSR count). The van der Waals surface area contributed by atoms with Gasteiger partial charge in [-0.05, 0) is 43.9 Å². The maximum Gasteiger partial charge on any atom is 0.169 e. The van der Waals surface area contributed by atoms with Gasteiger partial charge in [0.25, 0.3) is 0 Å². The number of ketones is 1. The van der Waals surface area contributed by atoms with E-state index in [0.717, 1.165) is 12.8 Å². The first-order valence-electron chi connectivity index (χ1n) is 6.56. The van der Waals surface area contributed by atoms with Crippen LogP contribution in [0.2, 0.25) is 0 Å². The van der Waals surface area contributed by atoms with E-state index in [0.29, 0.717) is 18.4 Å². The zero-order chi connectivity index (χ0) is 13.4. The Morgan fingerprint density at radius 2 is 2.00 bits per heavy atom. The van der Waals surface area contributed by atoms with E-state index >= 15 is 0 Å². The number of hydrogen-bond donors (Lipinski definition) is 0. The van der Waals surface area contributed by atoms with Crippen LogP contribution in [0.15, 0.2) is 18.2 Å². The van der Waals surface area contributed by atoms with E-state index in [1.165, 1.54) is 18.2 Å². The smallest absolute Gasteiger partial charge is 0.169 e. The highest BCUT2D eigenvalue weighted by molar-refractivity contribution is 5.98. The van der Waals surface area contributed by atoms with Gasteiger partial charge in [0.05, 0.1) is 29.4 Å². The van der Waals surface area contributed by atoms with E-state index < -0.39 is 5.82 Å². The van der Waals surface area contributed by atoms with Gasteiger partial charge in [0.2, 0.25) is 0 Å². The molecule has 3 nitrogen and oxygen atoms in total. The van der Waals surface area contributed by atoms with Crippen molar-refractivity contribution in [3.8, 4) is 6.07 Å². The summed E-state index contributed by atoms with van der Waals surface area (Å²) in [5.74, 6) is -0.896. The molecule has 0 saturated carbocycles. The molecule has 2 saturated heterocycles. The summed E-state index contributed by atoms with van der Waals surface area (Å²) in [4.78, 5) is 12.4. The quantitative estimate of drug-likeness (QED) is 0.767. The summed E-state index contributed by atoms with van der Waals surface area (Å²) in [7, 11) is 0. The van der Waals surface area contributed by atoms with Gasteiger partial charge < -0.3 is 4.74 Å². The van der Waals surface area contributed by atoms with E-state index in [9.17, 15) is 9.18 Å². The number of Topliss-reactive ketones (excluding diaryl/α,β-unsaturated/α-hetero) is 1. The fourth-order valence-corrected chi connectivity index (χ4v) is 3.08. The molecule has 1 aromatic carbocycles. The van der Waals surface area contributed by atoms with Gasteiger partial charge in [0.15, 0.2) is 5.78 Å². The Balaban J connectivity index is 1.86. The van der Waals surface area contributed by atoms with E-state index in [-0.39, 0.29) is 29.5 Å². The Morgan fingerprint density at radius 1 is 1.32 bits per heavy atom. The first kappa shape index (κ1) is 12.3. The molecule has 2 atom stereocenters. The molecule has 2 unspecified atom stereocenters. The zero-order valence-electron chi connectivity index (χ0n) is 10.4. The van der Waals surface area contributed by atoms with Crippen LogP contribution >= 0.6 is 0 Å². The Labute approximate surface area is 111 Å². The molecular formula is C15H14FNO2. The second-order valence-corrected chi connectivity index (χ2v) is 5.30. The van der Waals surface area contributed by atoms with Crippen LogP contribution in [0.25, 0.3) is 0 Å². The summed E-state index contributed by atoms with van der Waals surface area (Å²) in [6.45, 7) is 0. The fraction of sp³-hybridized carbons (Fsp3) is 0.467. The van der Waals surface area contributed by atoms with Crippen molar-refractivity contribution in [3.05, 3.63) is 35.1 Å². The molecule has 2 bridgehead atoms. The molecule has 98 valence electrons. The number of rotatable bonds is 2. The summed E-state index contributed by atoms with van der Waals surface area (Å²) < 4.78 is 19.5. The van der Waals surface area contributed by atoms with Crippen molar-refractivity contribution in [1.82, 2.24) is 0 Å². The predicted octanol–water partition coefficient (Wildman–Crippen LogP) is 2.84. The molecule has 4 heteroatoms. The Hall–Kier alpha value is -1.73. The van der Waals surface area contributed by atoms with Crippen molar-refractivity contribution in [3.63, 3.8) is 0 Å². The van der Waals surface area contributed by atoms with Crippen LogP contribution in [0.4, 0.5) is 4.39 Å². The molecule has 2 fully saturated rings. The third-order valence-corrected chi connectivity index (χ3v) is 4.02. The maximum atomic E-state index is 13.8. The second-order valence-electron chi connectivity index (χ2n) is 5.30. The number of benzene rings is 1. The average molecular weight is 259 g/mol. The standard InChI is InChI=1S/C15H14FNO2/c16-14-4-1-9(8-17)5-13(14)15(18)10-6-11-2-3-12(7-10)19-11/h1,4-5,10-12H,2-3,6-7H2. The SMILES string of the molecule is N#Cc1ccc(F)c(C(=O)C2CC3CCC(C2)O3)c1. The lowest BCUT2D eigenvalue weighted by molar-refractivity contribution is -0.0149. The van der Waals surface area contributed by atoms with Crippen molar-refractivity contribution in [1.29, 1.82) is 5.26 Å². The van der Waals surface area contributed by atoms with Crippen LogP contribution in [-0.2, 0) is 4.74 Å². The number of ether oxygens (including phenoxy) is 1. The van der Waals surface area contributed by atoms with Crippen molar-refractivity contribution >= 4 is 5.78 Å². The van der Waals surface area contributed by atoms with Crippen LogP contribution < -0.4 is 0 Å². The van der Waals surface area contributed by atoms with Crippen LogP contribution in [0.1, 0.15) is 41.6 Å². The molecule has 0 N–H and O–H groups in total. The monoisotopic (exact) mass is 259 g/mol. The summed E-state index contributed by atoms with van der Waals surface area (Å²) >= 11 is 0. The summed E-state index contributed by atoms with van der Waals surface area (Å²) in [6.07, 6.45) is 3.63. The van der Waals surface area contributed by atoms with Gasteiger partial charge in [-0.25, -0.2) is 4.39 Å². The van der Waals surface area contributed by atoms with Gasteiger partial charge in [-0.15, -0.1) is 0 Å². The van der Waals surface area contributed by atoms with Crippen LogP contribution in [0, 0.1) is 23.1 Å². The number of hydrogen-bond acceptors (Lipinski definition) is 3. The molecular weight excluding hydrogens is 245 g/mol. The lowest BCUT2D eigenvalue weighted by atomic mass is 9.87. The van der Waals surface area contributed by atoms with Crippen LogP contribution in [0.3, 0.4) is 0 Å². The number of nitriles is 1. The van der Waals surface area contributed by atoms with Gasteiger partial charge in [-0.3, -0.25) is 4.79 Å². The zero-order valence-corrected chi connectivity index (χ0v) is 10.4. The van der Waals surface area contributed by atoms with E-state index in [1.807, 2.05) is 6.07 Å². The largest absolute Gasteiger partial charge is 0.375 e. The fourth-order valence-electron chi connectivity index (χ4n) is 3.08. The number of carbonyl (C=O) groups excluding carboxylic acids is 1. The molecule has 2 aliphatic rings. The first-order chi connectivity index (χ1) is 9.17. The Morgan fingerprint density at radius 3 is 2.63 bits per heavy atom. The lowest BCUT2D eigenvalue weighted by Gasteiger charge is -2.27. The van der Waals surface area contributed by atoms with Crippen molar-refractivity contribution in [2.45, 2.75) is 37.9 Å². The number of halogens is 1. The minimum atomic E-state index is -0.539. The topological polar surface area (TPSA) is 50.1 Å². The second kappa shape index (κ2) is 4.75. The minimum Gasteiger partial charge on any atom is -0.375 e. The minimum absolute atomic E-state index is 0.0466. The summed E-state index contributed by atoms with van der Waals surface area (Å²) in [5.41, 5.74) is 0.366. The van der Waals surface area contributed by atoms with Crippen LogP contribution in [0.5, 0.6) is 0 Å². The highest BCUT2D eigenvalue weighted by Gasteiger charge is 2.38. The van der Waals surface area contributed by atoms with E-state index in [1.54, 1.807) is 0 Å². The predicted molar refractivity (Wildman–Crippen MR) is 66.1 cm³/mol. The third kappa shape index (κ3) is 2.26. The van der Waals surface area contributed by atoms with E-state index in [4.69, 9.17) is 10.00 Å². The average Bonchev–Trinajstić information content (AvgIpc) is 2.77. The molecule has 0 amide bonds. The van der Waals surface area contributed by atoms with Gasteiger partial charge in [-0.2, -0.15) is 5.26 Å².